The van der Waals surface area contributed by atoms with Crippen molar-refractivity contribution in [2.24, 2.45) is 0 Å². The van der Waals surface area contributed by atoms with Crippen molar-refractivity contribution in [3.63, 3.8) is 0 Å². The Morgan fingerprint density at radius 1 is 0.341 bits per heavy atom. The Balaban J connectivity index is 2.11. The summed E-state index contributed by atoms with van der Waals surface area (Å²) in [5.41, 5.74) is 0. The zero-order chi connectivity index (χ0) is 66.0. The molecule has 9 unspecified atom stereocenters. The summed E-state index contributed by atoms with van der Waals surface area (Å²) in [7, 11) is 0. The second kappa shape index (κ2) is 69.0. The number of aliphatic hydroxyl groups excluding tert-OH is 7. The van der Waals surface area contributed by atoms with Crippen molar-refractivity contribution in [1.82, 2.24) is 5.32 Å². The van der Waals surface area contributed by atoms with E-state index in [9.17, 15) is 40.5 Å². The molecule has 0 aliphatic carbocycles. The number of carbonyl (C=O) groups excluding carboxylic acids is 1. The van der Waals surface area contributed by atoms with Crippen LogP contribution >= 0.6 is 0 Å². The SMILES string of the molecule is CCCCCCCCCCCCCCCCCCCCCCCCCCCCCCCCCCC(O)C(=O)NC(COC1OC(CO)C(O)C(O)C1O)C(O)C(O)CCCCCCCCCCCCCCCCCCCCCCCCCCCCCCCCCC. The van der Waals surface area contributed by atoms with E-state index >= 15 is 0 Å². The summed E-state index contributed by atoms with van der Waals surface area (Å²) in [4.78, 5) is 13.3. The number of nitrogens with one attached hydrogen (secondary N) is 1. The monoisotopic (exact) mass is 1290 g/mol. The summed E-state index contributed by atoms with van der Waals surface area (Å²) in [6.07, 6.45) is 75.1. The van der Waals surface area contributed by atoms with E-state index in [1.807, 2.05) is 0 Å². The van der Waals surface area contributed by atoms with Crippen molar-refractivity contribution in [3.05, 3.63) is 0 Å². The largest absolute Gasteiger partial charge is 0.394 e. The van der Waals surface area contributed by atoms with Crippen LogP contribution in [0.5, 0.6) is 0 Å². The molecule has 11 heteroatoms. The Morgan fingerprint density at radius 3 is 0.813 bits per heavy atom. The van der Waals surface area contributed by atoms with E-state index in [4.69, 9.17) is 9.47 Å². The van der Waals surface area contributed by atoms with E-state index in [-0.39, 0.29) is 6.42 Å². The van der Waals surface area contributed by atoms with Gasteiger partial charge >= 0.3 is 0 Å². The molecular formula is C80H159NO10. The lowest BCUT2D eigenvalue weighted by molar-refractivity contribution is -0.303. The summed E-state index contributed by atoms with van der Waals surface area (Å²) in [6, 6.07) is -1.17. The van der Waals surface area contributed by atoms with E-state index in [1.54, 1.807) is 0 Å². The molecule has 0 aromatic carbocycles. The van der Waals surface area contributed by atoms with Crippen LogP contribution in [0, 0.1) is 0 Å². The first-order chi connectivity index (χ1) is 44.7. The normalized spacial score (nSPS) is 18.3. The van der Waals surface area contributed by atoms with E-state index in [0.717, 1.165) is 38.5 Å². The molecule has 91 heavy (non-hydrogen) atoms. The van der Waals surface area contributed by atoms with Gasteiger partial charge in [0.05, 0.1) is 25.4 Å². The predicted octanol–water partition coefficient (Wildman–Crippen LogP) is 21.2. The van der Waals surface area contributed by atoms with Crippen LogP contribution in [0.1, 0.15) is 438 Å². The van der Waals surface area contributed by atoms with Gasteiger partial charge in [-0.25, -0.2) is 0 Å². The van der Waals surface area contributed by atoms with E-state index in [1.165, 1.54) is 360 Å². The van der Waals surface area contributed by atoms with Crippen LogP contribution in [0.4, 0.5) is 0 Å². The van der Waals surface area contributed by atoms with E-state index in [0.29, 0.717) is 19.3 Å². The molecule has 11 nitrogen and oxygen atoms in total. The third-order valence-corrected chi connectivity index (χ3v) is 20.4. The number of aliphatic hydroxyl groups is 7. The molecule has 0 aromatic rings. The summed E-state index contributed by atoms with van der Waals surface area (Å²) in [6.45, 7) is 3.55. The molecule has 1 rings (SSSR count). The third kappa shape index (κ3) is 55.8. The molecular weight excluding hydrogens is 1130 g/mol. The van der Waals surface area contributed by atoms with Gasteiger partial charge in [-0.1, -0.05) is 425 Å². The van der Waals surface area contributed by atoms with Gasteiger partial charge in [0, 0.05) is 0 Å². The molecule has 1 heterocycles. The predicted molar refractivity (Wildman–Crippen MR) is 386 cm³/mol. The molecule has 0 bridgehead atoms. The lowest BCUT2D eigenvalue weighted by atomic mass is 9.98. The van der Waals surface area contributed by atoms with Crippen molar-refractivity contribution in [2.45, 2.75) is 493 Å². The number of hydrogen-bond acceptors (Lipinski definition) is 10. The van der Waals surface area contributed by atoms with E-state index in [2.05, 4.69) is 19.2 Å². The first-order valence-electron chi connectivity index (χ1n) is 40.9. The summed E-state index contributed by atoms with van der Waals surface area (Å²) in [5, 5.41) is 76.8. The number of amides is 1. The fraction of sp³-hybridized carbons (Fsp3) is 0.988. The first kappa shape index (κ1) is 88.1. The maximum absolute atomic E-state index is 13.3. The summed E-state index contributed by atoms with van der Waals surface area (Å²) in [5.74, 6) is -0.685. The van der Waals surface area contributed by atoms with Gasteiger partial charge in [0.25, 0.3) is 0 Å². The lowest BCUT2D eigenvalue weighted by Crippen LogP contribution is -2.60. The minimum Gasteiger partial charge on any atom is -0.394 e. The number of carbonyl (C=O) groups is 1. The quantitative estimate of drug-likeness (QED) is 0.0272. The molecule has 1 saturated heterocycles. The Morgan fingerprint density at radius 2 is 0.571 bits per heavy atom. The fourth-order valence-corrected chi connectivity index (χ4v) is 13.9. The van der Waals surface area contributed by atoms with Crippen molar-refractivity contribution in [3.8, 4) is 0 Å². The van der Waals surface area contributed by atoms with Gasteiger partial charge in [0.2, 0.25) is 5.91 Å². The Kier molecular flexibility index (Phi) is 66.8. The second-order valence-corrected chi connectivity index (χ2v) is 29.2. The Labute approximate surface area is 564 Å². The van der Waals surface area contributed by atoms with Crippen LogP contribution in [0.3, 0.4) is 0 Å². The average Bonchev–Trinajstić information content (AvgIpc) is 1.05. The maximum Gasteiger partial charge on any atom is 0.249 e. The second-order valence-electron chi connectivity index (χ2n) is 29.2. The van der Waals surface area contributed by atoms with Crippen LogP contribution in [0.2, 0.25) is 0 Å². The molecule has 544 valence electrons. The average molecular weight is 1300 g/mol. The highest BCUT2D eigenvalue weighted by molar-refractivity contribution is 5.80. The van der Waals surface area contributed by atoms with Crippen molar-refractivity contribution < 1.29 is 50.0 Å². The fourth-order valence-electron chi connectivity index (χ4n) is 13.9. The molecule has 0 saturated carbocycles. The van der Waals surface area contributed by atoms with Crippen molar-refractivity contribution in [2.75, 3.05) is 13.2 Å². The van der Waals surface area contributed by atoms with Crippen LogP contribution in [-0.2, 0) is 14.3 Å². The van der Waals surface area contributed by atoms with Crippen molar-refractivity contribution in [1.29, 1.82) is 0 Å². The third-order valence-electron chi connectivity index (χ3n) is 20.4. The molecule has 8 N–H and O–H groups in total. The molecule has 0 spiro atoms. The van der Waals surface area contributed by atoms with Crippen LogP contribution in [0.25, 0.3) is 0 Å². The highest BCUT2D eigenvalue weighted by Crippen LogP contribution is 2.25. The first-order valence-corrected chi connectivity index (χ1v) is 40.9. The van der Waals surface area contributed by atoms with Crippen LogP contribution in [0.15, 0.2) is 0 Å². The van der Waals surface area contributed by atoms with Gasteiger partial charge in [0.1, 0.15) is 36.6 Å². The van der Waals surface area contributed by atoms with Crippen molar-refractivity contribution >= 4 is 5.91 Å². The molecule has 1 fully saturated rings. The molecule has 1 aliphatic rings. The van der Waals surface area contributed by atoms with Gasteiger partial charge in [-0.05, 0) is 12.8 Å². The van der Waals surface area contributed by atoms with Gasteiger partial charge in [-0.3, -0.25) is 4.79 Å². The number of rotatable bonds is 74. The molecule has 0 radical (unpaired) electrons. The molecule has 1 aliphatic heterocycles. The van der Waals surface area contributed by atoms with Crippen LogP contribution in [-0.4, -0.2) is 110 Å². The number of unbranched alkanes of at least 4 members (excludes halogenated alkanes) is 62. The minimum atomic E-state index is -1.66. The zero-order valence-corrected chi connectivity index (χ0v) is 60.6. The topological polar surface area (TPSA) is 189 Å². The molecule has 1 amide bonds. The minimum absolute atomic E-state index is 0.268. The molecule has 0 aromatic heterocycles. The Bertz CT molecular complexity index is 1440. The smallest absolute Gasteiger partial charge is 0.249 e. The van der Waals surface area contributed by atoms with Gasteiger partial charge in [0.15, 0.2) is 6.29 Å². The van der Waals surface area contributed by atoms with Gasteiger partial charge in [-0.15, -0.1) is 0 Å². The standard InChI is InChI=1S/C80H159NO10/c1-3-5-7-9-11-13-15-17-19-21-23-25-27-29-31-33-35-37-39-41-43-45-47-49-51-53-55-57-59-61-63-65-67-72(83)75(85)71(70-90-80-78(88)77(87)76(86)74(69-82)91-80)81-79(89)73(84)68-66-64-62-60-58-56-54-52-50-48-46-44-42-40-38-36-34-32-30-28-26-24-22-20-18-16-14-12-10-8-6-4-2/h71-78,80,82-88H,3-70H2,1-2H3,(H,81,89). The van der Waals surface area contributed by atoms with Gasteiger partial charge < -0.3 is 50.5 Å². The maximum atomic E-state index is 13.3. The summed E-state index contributed by atoms with van der Waals surface area (Å²) < 4.78 is 11.2. The molecule has 9 atom stereocenters. The zero-order valence-electron chi connectivity index (χ0n) is 60.6. The Hall–Kier alpha value is -0.890. The highest BCUT2D eigenvalue weighted by Gasteiger charge is 2.44. The summed E-state index contributed by atoms with van der Waals surface area (Å²) >= 11 is 0. The van der Waals surface area contributed by atoms with Gasteiger partial charge in [-0.2, -0.15) is 0 Å². The van der Waals surface area contributed by atoms with E-state index < -0.39 is 74.2 Å². The number of ether oxygens (including phenoxy) is 2. The number of hydrogen-bond donors (Lipinski definition) is 8. The lowest BCUT2D eigenvalue weighted by Gasteiger charge is -2.40. The highest BCUT2D eigenvalue weighted by atomic mass is 16.7. The van der Waals surface area contributed by atoms with Crippen LogP contribution < -0.4 is 5.32 Å².